The normalized spacial score (nSPS) is 17.4. The molecule has 2 aliphatic carbocycles. The van der Waals surface area contributed by atoms with E-state index in [1.165, 1.54) is 12.8 Å². The maximum Gasteiger partial charge on any atom is 0.220 e. The lowest BCUT2D eigenvalue weighted by atomic mass is 10.3. The van der Waals surface area contributed by atoms with Crippen LogP contribution in [0.5, 0.6) is 0 Å². The molecule has 0 aromatic heterocycles. The van der Waals surface area contributed by atoms with E-state index < -0.39 is 0 Å². The van der Waals surface area contributed by atoms with Crippen molar-refractivity contribution < 1.29 is 9.53 Å². The number of nitrogens with one attached hydrogen (secondary N) is 2. The molecule has 2 aliphatic rings. The summed E-state index contributed by atoms with van der Waals surface area (Å²) >= 11 is 0. The summed E-state index contributed by atoms with van der Waals surface area (Å²) in [4.78, 5) is 17.9. The van der Waals surface area contributed by atoms with Crippen LogP contribution in [-0.4, -0.2) is 63.2 Å². The van der Waals surface area contributed by atoms with Gasteiger partial charge in [0.2, 0.25) is 5.91 Å². The monoisotopic (exact) mass is 438 g/mol. The van der Waals surface area contributed by atoms with E-state index in [4.69, 9.17) is 4.74 Å². The topological polar surface area (TPSA) is 66.0 Å². The zero-order chi connectivity index (χ0) is 15.8. The summed E-state index contributed by atoms with van der Waals surface area (Å²) in [5, 5.41) is 6.30. The lowest BCUT2D eigenvalue weighted by Crippen LogP contribution is -2.41. The van der Waals surface area contributed by atoms with Crippen molar-refractivity contribution in [1.29, 1.82) is 0 Å². The number of nitrogens with zero attached hydrogens (tertiary/aromatic N) is 2. The molecule has 0 saturated heterocycles. The van der Waals surface area contributed by atoms with Gasteiger partial charge in [0.1, 0.15) is 0 Å². The molecule has 0 spiro atoms. The van der Waals surface area contributed by atoms with E-state index in [9.17, 15) is 4.79 Å². The maximum atomic E-state index is 11.6. The van der Waals surface area contributed by atoms with Gasteiger partial charge in [0.25, 0.3) is 0 Å². The van der Waals surface area contributed by atoms with Gasteiger partial charge in [0.05, 0.1) is 6.61 Å². The van der Waals surface area contributed by atoms with Crippen LogP contribution in [0.4, 0.5) is 0 Å². The highest BCUT2D eigenvalue weighted by Crippen LogP contribution is 2.28. The van der Waals surface area contributed by atoms with Gasteiger partial charge in [-0.25, -0.2) is 0 Å². The fourth-order valence-electron chi connectivity index (χ4n) is 2.20. The Balaban J connectivity index is 0.00000264. The molecular weight excluding hydrogens is 407 g/mol. The first kappa shape index (κ1) is 20.5. The number of aliphatic imine (C=N–C) groups is 1. The molecule has 0 unspecified atom stereocenters. The van der Waals surface area contributed by atoms with Gasteiger partial charge >= 0.3 is 0 Å². The molecule has 7 heteroatoms. The average Bonchev–Trinajstić information content (AvgIpc) is 3.38. The van der Waals surface area contributed by atoms with Gasteiger partial charge in [-0.05, 0) is 38.0 Å². The largest absolute Gasteiger partial charge is 0.379 e. The Morgan fingerprint density at radius 2 is 2.04 bits per heavy atom. The molecule has 134 valence electrons. The summed E-state index contributed by atoms with van der Waals surface area (Å²) in [6.07, 6.45) is 6.34. The van der Waals surface area contributed by atoms with Crippen LogP contribution in [0.15, 0.2) is 4.99 Å². The van der Waals surface area contributed by atoms with E-state index in [0.717, 1.165) is 57.4 Å². The van der Waals surface area contributed by atoms with Gasteiger partial charge < -0.3 is 20.3 Å². The second kappa shape index (κ2) is 11.1. The van der Waals surface area contributed by atoms with Crippen molar-refractivity contribution in [2.24, 2.45) is 10.9 Å². The molecule has 0 aromatic rings. The van der Waals surface area contributed by atoms with Gasteiger partial charge in [-0.3, -0.25) is 9.79 Å². The number of guanidine groups is 1. The highest BCUT2D eigenvalue weighted by Gasteiger charge is 2.22. The van der Waals surface area contributed by atoms with Crippen LogP contribution < -0.4 is 10.6 Å². The van der Waals surface area contributed by atoms with Gasteiger partial charge in [-0.15, -0.1) is 24.0 Å². The van der Waals surface area contributed by atoms with Crippen LogP contribution in [0.2, 0.25) is 0 Å². The van der Waals surface area contributed by atoms with Crippen molar-refractivity contribution in [3.63, 3.8) is 0 Å². The van der Waals surface area contributed by atoms with E-state index in [1.54, 1.807) is 7.05 Å². The maximum absolute atomic E-state index is 11.6. The Bertz CT molecular complexity index is 384. The lowest BCUT2D eigenvalue weighted by molar-refractivity contribution is -0.121. The molecule has 0 atom stereocenters. The van der Waals surface area contributed by atoms with Crippen molar-refractivity contribution in [2.45, 2.75) is 44.6 Å². The van der Waals surface area contributed by atoms with Crippen LogP contribution in [0, 0.1) is 5.92 Å². The molecule has 0 heterocycles. The molecule has 2 N–H and O–H groups in total. The van der Waals surface area contributed by atoms with Gasteiger partial charge in [0.15, 0.2) is 5.96 Å². The molecule has 2 fully saturated rings. The highest BCUT2D eigenvalue weighted by molar-refractivity contribution is 14.0. The van der Waals surface area contributed by atoms with E-state index in [0.29, 0.717) is 12.5 Å². The molecule has 0 aliphatic heterocycles. The van der Waals surface area contributed by atoms with Crippen molar-refractivity contribution in [3.8, 4) is 0 Å². The second-order valence-electron chi connectivity index (χ2n) is 6.36. The number of rotatable bonds is 10. The Kier molecular flexibility index (Phi) is 9.85. The quantitative estimate of drug-likeness (QED) is 0.235. The summed E-state index contributed by atoms with van der Waals surface area (Å²) in [5.41, 5.74) is 0. The third kappa shape index (κ3) is 9.34. The average molecular weight is 438 g/mol. The third-order valence-corrected chi connectivity index (χ3v) is 4.00. The number of ether oxygens (including phenoxy) is 1. The van der Waals surface area contributed by atoms with Crippen molar-refractivity contribution >= 4 is 35.8 Å². The van der Waals surface area contributed by atoms with Crippen LogP contribution in [0.3, 0.4) is 0 Å². The summed E-state index contributed by atoms with van der Waals surface area (Å²) < 4.78 is 5.65. The van der Waals surface area contributed by atoms with Crippen molar-refractivity contribution in [1.82, 2.24) is 15.5 Å². The Morgan fingerprint density at radius 3 is 2.65 bits per heavy atom. The number of hydrogen-bond acceptors (Lipinski definition) is 3. The second-order valence-corrected chi connectivity index (χ2v) is 6.36. The SMILES string of the molecule is CN=C(NCCCC(=O)NC1CC1)N(C)CCOCC1CC1.I. The van der Waals surface area contributed by atoms with E-state index in [1.807, 2.05) is 7.05 Å². The van der Waals surface area contributed by atoms with Gasteiger partial charge in [-0.2, -0.15) is 0 Å². The predicted molar refractivity (Wildman–Crippen MR) is 103 cm³/mol. The van der Waals surface area contributed by atoms with E-state index >= 15 is 0 Å². The molecular formula is C16H31IN4O2. The fraction of sp³-hybridized carbons (Fsp3) is 0.875. The van der Waals surface area contributed by atoms with Gasteiger partial charge in [0, 0.05) is 46.3 Å². The predicted octanol–water partition coefficient (Wildman–Crippen LogP) is 1.60. The van der Waals surface area contributed by atoms with Crippen LogP contribution in [0.25, 0.3) is 0 Å². The molecule has 1 amide bonds. The minimum Gasteiger partial charge on any atom is -0.379 e. The number of amides is 1. The zero-order valence-corrected chi connectivity index (χ0v) is 16.7. The van der Waals surface area contributed by atoms with E-state index in [-0.39, 0.29) is 29.9 Å². The number of hydrogen-bond donors (Lipinski definition) is 2. The lowest BCUT2D eigenvalue weighted by Gasteiger charge is -2.22. The molecule has 0 bridgehead atoms. The first-order valence-corrected chi connectivity index (χ1v) is 8.48. The number of carbonyl (C=O) groups is 1. The fourth-order valence-corrected chi connectivity index (χ4v) is 2.20. The molecule has 2 saturated carbocycles. The molecule has 0 aromatic carbocycles. The first-order valence-electron chi connectivity index (χ1n) is 8.48. The third-order valence-electron chi connectivity index (χ3n) is 4.00. The van der Waals surface area contributed by atoms with E-state index in [2.05, 4.69) is 20.5 Å². The van der Waals surface area contributed by atoms with Crippen molar-refractivity contribution in [2.75, 3.05) is 40.4 Å². The minimum absolute atomic E-state index is 0. The molecule has 23 heavy (non-hydrogen) atoms. The Hall–Kier alpha value is -0.570. The summed E-state index contributed by atoms with van der Waals surface area (Å²) in [7, 11) is 3.79. The molecule has 0 radical (unpaired) electrons. The smallest absolute Gasteiger partial charge is 0.220 e. The van der Waals surface area contributed by atoms with Gasteiger partial charge in [-0.1, -0.05) is 0 Å². The number of likely N-dealkylation sites (N-methyl/N-ethyl adjacent to an activating group) is 1. The van der Waals surface area contributed by atoms with Crippen LogP contribution in [-0.2, 0) is 9.53 Å². The Labute approximate surface area is 156 Å². The highest BCUT2D eigenvalue weighted by atomic mass is 127. The van der Waals surface area contributed by atoms with Crippen molar-refractivity contribution in [3.05, 3.63) is 0 Å². The van der Waals surface area contributed by atoms with Crippen LogP contribution in [0.1, 0.15) is 38.5 Å². The Morgan fingerprint density at radius 1 is 1.30 bits per heavy atom. The minimum atomic E-state index is 0. The molecule has 6 nitrogen and oxygen atoms in total. The summed E-state index contributed by atoms with van der Waals surface area (Å²) in [6, 6.07) is 0.454. The first-order chi connectivity index (χ1) is 10.7. The number of carbonyl (C=O) groups excluding carboxylic acids is 1. The van der Waals surface area contributed by atoms with Crippen LogP contribution >= 0.6 is 24.0 Å². The summed E-state index contributed by atoms with van der Waals surface area (Å²) in [5.74, 6) is 1.84. The standard InChI is InChI=1S/C16H30N4O2.HI/c1-17-16(20(2)10-11-22-12-13-5-6-13)18-9-3-4-15(21)19-14-7-8-14;/h13-14H,3-12H2,1-2H3,(H,17,18)(H,19,21);1H. The molecule has 2 rings (SSSR count). The zero-order valence-electron chi connectivity index (χ0n) is 14.3. The number of halogens is 1. The summed E-state index contributed by atoms with van der Waals surface area (Å²) in [6.45, 7) is 3.22.